The third kappa shape index (κ3) is 2.63. The molecule has 0 saturated carbocycles. The zero-order valence-corrected chi connectivity index (χ0v) is 7.88. The van der Waals surface area contributed by atoms with E-state index in [4.69, 9.17) is 16.3 Å². The second-order valence-corrected chi connectivity index (χ2v) is 3.02. The topological polar surface area (TPSA) is 29.5 Å². The number of carbonyl (C=O) groups excluding carboxylic acids is 1. The lowest BCUT2D eigenvalue weighted by Gasteiger charge is -2.11. The molecule has 0 radical (unpaired) electrons. The summed E-state index contributed by atoms with van der Waals surface area (Å²) in [6.07, 6.45) is 2.84. The van der Waals surface area contributed by atoms with Crippen LogP contribution >= 0.6 is 11.6 Å². The number of amides is 1. The van der Waals surface area contributed by atoms with Gasteiger partial charge in [-0.25, -0.2) is 4.79 Å². The number of allylic oxidation sites excluding steroid dienone is 3. The fourth-order valence-electron chi connectivity index (χ4n) is 0.931. The molecule has 1 rings (SSSR count). The molecule has 0 N–H and O–H groups in total. The predicted molar refractivity (Wildman–Crippen MR) is 51.3 cm³/mol. The SMILES string of the molecule is C=C(Cl)/C=C\C(=C)N1CCOC1=O. The minimum absolute atomic E-state index is 0.366. The van der Waals surface area contributed by atoms with Crippen LogP contribution in [0.3, 0.4) is 0 Å². The lowest BCUT2D eigenvalue weighted by Crippen LogP contribution is -2.21. The summed E-state index contributed by atoms with van der Waals surface area (Å²) < 4.78 is 4.73. The second-order valence-electron chi connectivity index (χ2n) is 2.54. The Morgan fingerprint density at radius 2 is 2.23 bits per heavy atom. The van der Waals surface area contributed by atoms with Gasteiger partial charge in [0.15, 0.2) is 0 Å². The van der Waals surface area contributed by atoms with Crippen molar-refractivity contribution < 1.29 is 9.53 Å². The summed E-state index contributed by atoms with van der Waals surface area (Å²) >= 11 is 5.51. The van der Waals surface area contributed by atoms with E-state index in [0.29, 0.717) is 23.9 Å². The van der Waals surface area contributed by atoms with Gasteiger partial charge in [0, 0.05) is 10.7 Å². The zero-order valence-electron chi connectivity index (χ0n) is 7.12. The minimum atomic E-state index is -0.366. The first-order valence-corrected chi connectivity index (χ1v) is 4.15. The van der Waals surface area contributed by atoms with E-state index in [9.17, 15) is 4.79 Å². The zero-order chi connectivity index (χ0) is 9.84. The number of hydrogen-bond donors (Lipinski definition) is 0. The molecule has 1 heterocycles. The number of carbonyl (C=O) groups is 1. The largest absolute Gasteiger partial charge is 0.447 e. The van der Waals surface area contributed by atoms with Crippen molar-refractivity contribution in [3.63, 3.8) is 0 Å². The van der Waals surface area contributed by atoms with Crippen LogP contribution in [0.2, 0.25) is 0 Å². The smallest absolute Gasteiger partial charge is 0.414 e. The summed E-state index contributed by atoms with van der Waals surface area (Å²) in [5, 5.41) is 0.397. The van der Waals surface area contributed by atoms with Crippen LogP contribution in [0.4, 0.5) is 4.79 Å². The summed E-state index contributed by atoms with van der Waals surface area (Å²) in [4.78, 5) is 12.5. The quantitative estimate of drug-likeness (QED) is 0.653. The van der Waals surface area contributed by atoms with Crippen molar-refractivity contribution in [1.82, 2.24) is 4.90 Å². The average molecular weight is 200 g/mol. The van der Waals surface area contributed by atoms with E-state index < -0.39 is 0 Å². The first-order chi connectivity index (χ1) is 6.11. The molecule has 0 atom stereocenters. The van der Waals surface area contributed by atoms with E-state index in [2.05, 4.69) is 13.2 Å². The van der Waals surface area contributed by atoms with Gasteiger partial charge >= 0.3 is 6.09 Å². The Kier molecular flexibility index (Phi) is 3.14. The lowest BCUT2D eigenvalue weighted by molar-refractivity contribution is 0.165. The third-order valence-electron chi connectivity index (χ3n) is 1.56. The Morgan fingerprint density at radius 3 is 2.69 bits per heavy atom. The summed E-state index contributed by atoms with van der Waals surface area (Å²) in [7, 11) is 0. The van der Waals surface area contributed by atoms with Crippen molar-refractivity contribution >= 4 is 17.7 Å². The van der Waals surface area contributed by atoms with Crippen molar-refractivity contribution in [3.05, 3.63) is 36.0 Å². The average Bonchev–Trinajstić information content (AvgIpc) is 2.47. The summed E-state index contributed by atoms with van der Waals surface area (Å²) in [5.74, 6) is 0. The molecule has 1 saturated heterocycles. The molecular weight excluding hydrogens is 190 g/mol. The maximum Gasteiger partial charge on any atom is 0.414 e. The molecule has 0 aromatic heterocycles. The Hall–Kier alpha value is -1.22. The van der Waals surface area contributed by atoms with Gasteiger partial charge < -0.3 is 4.74 Å². The van der Waals surface area contributed by atoms with E-state index in [1.807, 2.05) is 0 Å². The van der Waals surface area contributed by atoms with Gasteiger partial charge in [0.05, 0.1) is 6.54 Å². The van der Waals surface area contributed by atoms with E-state index >= 15 is 0 Å². The van der Waals surface area contributed by atoms with Crippen LogP contribution in [0, 0.1) is 0 Å². The molecule has 0 bridgehead atoms. The highest BCUT2D eigenvalue weighted by Gasteiger charge is 2.22. The van der Waals surface area contributed by atoms with E-state index in [1.54, 1.807) is 12.2 Å². The van der Waals surface area contributed by atoms with Gasteiger partial charge in [0.1, 0.15) is 6.61 Å². The number of cyclic esters (lactones) is 1. The number of nitrogens with zero attached hydrogens (tertiary/aromatic N) is 1. The number of ether oxygens (including phenoxy) is 1. The predicted octanol–water partition coefficient (Wildman–Crippen LogP) is 2.26. The normalized spacial score (nSPS) is 16.4. The highest BCUT2D eigenvalue weighted by atomic mass is 35.5. The summed E-state index contributed by atoms with van der Waals surface area (Å²) in [5.41, 5.74) is 0.560. The minimum Gasteiger partial charge on any atom is -0.447 e. The maximum atomic E-state index is 11.0. The van der Waals surface area contributed by atoms with Gasteiger partial charge in [-0.2, -0.15) is 0 Å². The van der Waals surface area contributed by atoms with Crippen LogP contribution in [0.5, 0.6) is 0 Å². The van der Waals surface area contributed by atoms with E-state index in [-0.39, 0.29) is 6.09 Å². The van der Waals surface area contributed by atoms with Gasteiger partial charge in [-0.3, -0.25) is 4.90 Å². The van der Waals surface area contributed by atoms with E-state index in [1.165, 1.54) is 4.90 Å². The maximum absolute atomic E-state index is 11.0. The van der Waals surface area contributed by atoms with Crippen LogP contribution < -0.4 is 0 Å². The molecule has 3 nitrogen and oxygen atoms in total. The van der Waals surface area contributed by atoms with Gasteiger partial charge in [-0.1, -0.05) is 24.8 Å². The first kappa shape index (κ1) is 9.86. The van der Waals surface area contributed by atoms with Crippen molar-refractivity contribution in [2.45, 2.75) is 0 Å². The van der Waals surface area contributed by atoms with Gasteiger partial charge in [0.25, 0.3) is 0 Å². The molecule has 1 fully saturated rings. The molecular formula is C9H10ClNO2. The molecule has 0 aromatic rings. The Balaban J connectivity index is 2.57. The fraction of sp³-hybridized carbons (Fsp3) is 0.222. The Bertz CT molecular complexity index is 283. The standard InChI is InChI=1S/C9H10ClNO2/c1-7(10)3-4-8(2)11-5-6-13-9(11)12/h3-4H,1-2,5-6H2/b4-3-. The molecule has 1 aliphatic rings. The van der Waals surface area contributed by atoms with Crippen LogP contribution in [0.1, 0.15) is 0 Å². The van der Waals surface area contributed by atoms with Gasteiger partial charge in [-0.05, 0) is 12.2 Å². The Labute approximate surface area is 81.9 Å². The number of hydrogen-bond acceptors (Lipinski definition) is 2. The van der Waals surface area contributed by atoms with Crippen LogP contribution in [0.15, 0.2) is 36.0 Å². The highest BCUT2D eigenvalue weighted by molar-refractivity contribution is 6.30. The molecule has 0 aromatic carbocycles. The molecule has 1 amide bonds. The van der Waals surface area contributed by atoms with Gasteiger partial charge in [-0.15, -0.1) is 0 Å². The van der Waals surface area contributed by atoms with Crippen molar-refractivity contribution in [2.75, 3.05) is 13.2 Å². The number of halogens is 1. The van der Waals surface area contributed by atoms with Crippen molar-refractivity contribution in [3.8, 4) is 0 Å². The molecule has 1 aliphatic heterocycles. The monoisotopic (exact) mass is 199 g/mol. The van der Waals surface area contributed by atoms with Gasteiger partial charge in [0.2, 0.25) is 0 Å². The van der Waals surface area contributed by atoms with Crippen LogP contribution in [0.25, 0.3) is 0 Å². The van der Waals surface area contributed by atoms with E-state index in [0.717, 1.165) is 0 Å². The number of rotatable bonds is 3. The second kappa shape index (κ2) is 4.14. The molecule has 0 unspecified atom stereocenters. The van der Waals surface area contributed by atoms with Crippen LogP contribution in [-0.4, -0.2) is 24.1 Å². The van der Waals surface area contributed by atoms with Crippen molar-refractivity contribution in [1.29, 1.82) is 0 Å². The molecule has 0 aliphatic carbocycles. The third-order valence-corrected chi connectivity index (χ3v) is 1.69. The molecule has 70 valence electrons. The fourth-order valence-corrected chi connectivity index (χ4v) is 0.994. The summed E-state index contributed by atoms with van der Waals surface area (Å²) in [6, 6.07) is 0. The molecule has 4 heteroatoms. The highest BCUT2D eigenvalue weighted by Crippen LogP contribution is 2.12. The Morgan fingerprint density at radius 1 is 1.54 bits per heavy atom. The lowest BCUT2D eigenvalue weighted by atomic mass is 10.3. The molecule has 13 heavy (non-hydrogen) atoms. The summed E-state index contributed by atoms with van der Waals surface area (Å²) in [6.45, 7) is 8.12. The van der Waals surface area contributed by atoms with Crippen molar-refractivity contribution in [2.24, 2.45) is 0 Å². The first-order valence-electron chi connectivity index (χ1n) is 3.77. The molecule has 0 spiro atoms. The van der Waals surface area contributed by atoms with Crippen LogP contribution in [-0.2, 0) is 4.74 Å².